The fourth-order valence-electron chi connectivity index (χ4n) is 1.27. The highest BCUT2D eigenvalue weighted by atomic mass is 32.2. The van der Waals surface area contributed by atoms with Gasteiger partial charge >= 0.3 is 0 Å². The number of nitrogens with one attached hydrogen (secondary N) is 2. The molecule has 1 rings (SSSR count). The summed E-state index contributed by atoms with van der Waals surface area (Å²) in [5.74, 6) is 0.633. The fraction of sp³-hybridized carbons (Fsp3) is 0.417. The van der Waals surface area contributed by atoms with Crippen molar-refractivity contribution in [3.05, 3.63) is 24.3 Å². The Morgan fingerprint density at radius 1 is 1.38 bits per heavy atom. The second kappa shape index (κ2) is 7.70. The second-order valence-corrected chi connectivity index (χ2v) is 6.25. The van der Waals surface area contributed by atoms with Crippen molar-refractivity contribution in [2.24, 2.45) is 16.8 Å². The number of hydrogen-bond donors (Lipinski definition) is 4. The molecule has 0 unspecified atom stereocenters. The van der Waals surface area contributed by atoms with Crippen molar-refractivity contribution in [2.45, 2.75) is 13.8 Å². The molecule has 1 aromatic rings. The van der Waals surface area contributed by atoms with E-state index >= 15 is 0 Å². The van der Waals surface area contributed by atoms with E-state index in [-0.39, 0.29) is 18.4 Å². The number of hydrogen-bond acceptors (Lipinski definition) is 5. The highest BCUT2D eigenvalue weighted by Crippen LogP contribution is 2.16. The van der Waals surface area contributed by atoms with Gasteiger partial charge in [-0.2, -0.15) is 13.1 Å². The third-order valence-corrected chi connectivity index (χ3v) is 3.35. The Hall–Kier alpha value is -2.00. The molecule has 0 bridgehead atoms. The Morgan fingerprint density at radius 2 is 2.00 bits per heavy atom. The molecule has 0 spiro atoms. The predicted octanol–water partition coefficient (Wildman–Crippen LogP) is 0.714. The third kappa shape index (κ3) is 6.82. The average molecular weight is 316 g/mol. The summed E-state index contributed by atoms with van der Waals surface area (Å²) in [6.45, 7) is 4.12. The molecule has 118 valence electrons. The normalized spacial score (nSPS) is 12.4. The summed E-state index contributed by atoms with van der Waals surface area (Å²) in [4.78, 5) is 0. The molecule has 0 aliphatic rings. The van der Waals surface area contributed by atoms with E-state index in [1.807, 2.05) is 13.8 Å². The molecule has 21 heavy (non-hydrogen) atoms. The molecule has 9 heteroatoms. The zero-order valence-corrected chi connectivity index (χ0v) is 12.7. The standard InChI is InChI=1S/C12H20N4O4S/c1-9(2)7-14-21(18,19)16-10-3-5-11(6-4-10)20-8-12(13)15-17/h3-6,9,14,16-17H,7-8H2,1-2H3,(H2,13,15). The Kier molecular flexibility index (Phi) is 6.25. The molecule has 8 nitrogen and oxygen atoms in total. The van der Waals surface area contributed by atoms with Crippen LogP contribution in [0.2, 0.25) is 0 Å². The molecule has 0 saturated heterocycles. The smallest absolute Gasteiger partial charge is 0.299 e. The van der Waals surface area contributed by atoms with Gasteiger partial charge in [-0.1, -0.05) is 19.0 Å². The van der Waals surface area contributed by atoms with Crippen LogP contribution in [0.4, 0.5) is 5.69 Å². The second-order valence-electron chi connectivity index (χ2n) is 4.75. The van der Waals surface area contributed by atoms with Crippen molar-refractivity contribution in [1.82, 2.24) is 4.72 Å². The number of amidine groups is 1. The van der Waals surface area contributed by atoms with E-state index in [1.165, 1.54) is 0 Å². The van der Waals surface area contributed by atoms with Crippen molar-refractivity contribution in [3.63, 3.8) is 0 Å². The van der Waals surface area contributed by atoms with E-state index in [4.69, 9.17) is 15.7 Å². The predicted molar refractivity (Wildman–Crippen MR) is 80.7 cm³/mol. The van der Waals surface area contributed by atoms with Gasteiger partial charge < -0.3 is 15.7 Å². The number of anilines is 1. The van der Waals surface area contributed by atoms with Gasteiger partial charge in [0.05, 0.1) is 0 Å². The van der Waals surface area contributed by atoms with E-state index < -0.39 is 10.2 Å². The Bertz CT molecular complexity index is 569. The van der Waals surface area contributed by atoms with Crippen LogP contribution in [-0.4, -0.2) is 32.6 Å². The van der Waals surface area contributed by atoms with Crippen LogP contribution < -0.4 is 19.9 Å². The van der Waals surface area contributed by atoms with Crippen molar-refractivity contribution >= 4 is 21.7 Å². The highest BCUT2D eigenvalue weighted by molar-refractivity contribution is 7.90. The van der Waals surface area contributed by atoms with Crippen LogP contribution in [0.3, 0.4) is 0 Å². The van der Waals surface area contributed by atoms with Gasteiger partial charge in [0, 0.05) is 12.2 Å². The molecule has 0 fully saturated rings. The van der Waals surface area contributed by atoms with Crippen LogP contribution in [-0.2, 0) is 10.2 Å². The molecular formula is C12H20N4O4S. The summed E-state index contributed by atoms with van der Waals surface area (Å²) < 4.78 is 33.5. The number of oxime groups is 1. The maximum absolute atomic E-state index is 11.7. The molecule has 0 saturated carbocycles. The number of benzene rings is 1. The Balaban J connectivity index is 2.58. The first kappa shape index (κ1) is 17.1. The first-order valence-corrected chi connectivity index (χ1v) is 7.77. The summed E-state index contributed by atoms with van der Waals surface area (Å²) in [6, 6.07) is 6.25. The van der Waals surface area contributed by atoms with Gasteiger partial charge in [0.15, 0.2) is 5.84 Å². The monoisotopic (exact) mass is 316 g/mol. The molecule has 0 heterocycles. The summed E-state index contributed by atoms with van der Waals surface area (Å²) in [5.41, 5.74) is 5.67. The lowest BCUT2D eigenvalue weighted by molar-refractivity contribution is 0.306. The maximum atomic E-state index is 11.7. The molecule has 0 aromatic heterocycles. The van der Waals surface area contributed by atoms with Gasteiger partial charge in [-0.25, -0.2) is 0 Å². The molecule has 0 radical (unpaired) electrons. The molecule has 0 amide bonds. The first-order valence-electron chi connectivity index (χ1n) is 6.29. The van der Waals surface area contributed by atoms with Crippen LogP contribution >= 0.6 is 0 Å². The minimum Gasteiger partial charge on any atom is -0.486 e. The SMILES string of the molecule is CC(C)CNS(=O)(=O)Nc1ccc(OC/C(N)=N/O)cc1. The number of rotatable bonds is 8. The van der Waals surface area contributed by atoms with Crippen molar-refractivity contribution < 1.29 is 18.4 Å². The van der Waals surface area contributed by atoms with Gasteiger partial charge in [0.25, 0.3) is 10.2 Å². The lowest BCUT2D eigenvalue weighted by Crippen LogP contribution is -2.32. The maximum Gasteiger partial charge on any atom is 0.299 e. The van der Waals surface area contributed by atoms with Crippen LogP contribution in [0.15, 0.2) is 29.4 Å². The topological polar surface area (TPSA) is 126 Å². The van der Waals surface area contributed by atoms with Crippen molar-refractivity contribution in [1.29, 1.82) is 0 Å². The lowest BCUT2D eigenvalue weighted by Gasteiger charge is -2.11. The minimum absolute atomic E-state index is 0.0577. The Labute approximate surface area is 124 Å². The van der Waals surface area contributed by atoms with Crippen LogP contribution in [0.1, 0.15) is 13.8 Å². The van der Waals surface area contributed by atoms with E-state index in [1.54, 1.807) is 24.3 Å². The van der Waals surface area contributed by atoms with Gasteiger partial charge in [-0.3, -0.25) is 4.72 Å². The number of nitrogens with two attached hydrogens (primary N) is 1. The number of ether oxygens (including phenoxy) is 1. The lowest BCUT2D eigenvalue weighted by atomic mass is 10.2. The van der Waals surface area contributed by atoms with Crippen LogP contribution in [0, 0.1) is 5.92 Å². The van der Waals surface area contributed by atoms with E-state index in [2.05, 4.69) is 14.6 Å². The van der Waals surface area contributed by atoms with E-state index in [0.29, 0.717) is 18.0 Å². The average Bonchev–Trinajstić information content (AvgIpc) is 2.44. The summed E-state index contributed by atoms with van der Waals surface area (Å²) in [6.07, 6.45) is 0. The quantitative estimate of drug-likeness (QED) is 0.243. The molecular weight excluding hydrogens is 296 g/mol. The van der Waals surface area contributed by atoms with Crippen LogP contribution in [0.5, 0.6) is 5.75 Å². The molecule has 5 N–H and O–H groups in total. The summed E-state index contributed by atoms with van der Waals surface area (Å²) in [5, 5.41) is 11.1. The molecule has 1 aromatic carbocycles. The zero-order chi connectivity index (χ0) is 15.9. The zero-order valence-electron chi connectivity index (χ0n) is 11.9. The molecule has 0 aliphatic heterocycles. The van der Waals surface area contributed by atoms with E-state index in [0.717, 1.165) is 0 Å². The van der Waals surface area contributed by atoms with Crippen LogP contribution in [0.25, 0.3) is 0 Å². The number of nitrogens with zero attached hydrogens (tertiary/aromatic N) is 1. The van der Waals surface area contributed by atoms with Gasteiger partial charge in [-0.05, 0) is 30.2 Å². The summed E-state index contributed by atoms with van der Waals surface area (Å²) in [7, 11) is -3.59. The van der Waals surface area contributed by atoms with Gasteiger partial charge in [0.2, 0.25) is 0 Å². The Morgan fingerprint density at radius 3 is 2.52 bits per heavy atom. The van der Waals surface area contributed by atoms with Crippen molar-refractivity contribution in [2.75, 3.05) is 17.9 Å². The van der Waals surface area contributed by atoms with Gasteiger partial charge in [-0.15, -0.1) is 0 Å². The largest absolute Gasteiger partial charge is 0.486 e. The van der Waals surface area contributed by atoms with Gasteiger partial charge in [0.1, 0.15) is 12.4 Å². The molecule has 0 atom stereocenters. The fourth-order valence-corrected chi connectivity index (χ4v) is 2.34. The molecule has 0 aliphatic carbocycles. The first-order chi connectivity index (χ1) is 9.82. The minimum atomic E-state index is -3.59. The van der Waals surface area contributed by atoms with E-state index in [9.17, 15) is 8.42 Å². The highest BCUT2D eigenvalue weighted by Gasteiger charge is 2.10. The summed E-state index contributed by atoms with van der Waals surface area (Å²) >= 11 is 0. The van der Waals surface area contributed by atoms with Crippen molar-refractivity contribution in [3.8, 4) is 5.75 Å². The third-order valence-electron chi connectivity index (χ3n) is 2.30.